The number of aromatic nitrogens is 6. The molecule has 0 radical (unpaired) electrons. The first-order valence-electron chi connectivity index (χ1n) is 13.0. The number of allylic oxidation sites excluding steroid dienone is 1. The van der Waals surface area contributed by atoms with Crippen LogP contribution in [-0.4, -0.2) is 42.1 Å². The Morgan fingerprint density at radius 3 is 2.88 bits per heavy atom. The van der Waals surface area contributed by atoms with Gasteiger partial charge in [-0.3, -0.25) is 9.36 Å². The van der Waals surface area contributed by atoms with Gasteiger partial charge in [0.1, 0.15) is 24.5 Å². The third kappa shape index (κ3) is 3.59. The summed E-state index contributed by atoms with van der Waals surface area (Å²) in [5, 5.41) is 11.9. The number of halogens is 2. The van der Waals surface area contributed by atoms with E-state index in [9.17, 15) is 4.79 Å². The molecular weight excluding hydrogens is 533 g/mol. The van der Waals surface area contributed by atoms with E-state index in [2.05, 4.69) is 27.1 Å². The molecule has 40 heavy (non-hydrogen) atoms. The lowest BCUT2D eigenvalue weighted by atomic mass is 9.95. The number of ether oxygens (including phenoxy) is 1. The van der Waals surface area contributed by atoms with Gasteiger partial charge in [0.2, 0.25) is 5.95 Å². The summed E-state index contributed by atoms with van der Waals surface area (Å²) < 4.78 is 24.4. The summed E-state index contributed by atoms with van der Waals surface area (Å²) in [5.74, 6) is 1.13. The Morgan fingerprint density at radius 2 is 2.02 bits per heavy atom. The highest BCUT2D eigenvalue weighted by molar-refractivity contribution is 6.31. The Hall–Kier alpha value is -4.44. The first-order chi connectivity index (χ1) is 19.4. The zero-order valence-corrected chi connectivity index (χ0v) is 21.8. The lowest BCUT2D eigenvalue weighted by Gasteiger charge is -2.21. The van der Waals surface area contributed by atoms with Gasteiger partial charge in [0, 0.05) is 46.5 Å². The van der Waals surface area contributed by atoms with Crippen molar-refractivity contribution in [2.24, 2.45) is 10.9 Å². The summed E-state index contributed by atoms with van der Waals surface area (Å²) in [6.07, 6.45) is 3.42. The van der Waals surface area contributed by atoms with Gasteiger partial charge in [-0.1, -0.05) is 30.3 Å². The Balaban J connectivity index is 1.14. The summed E-state index contributed by atoms with van der Waals surface area (Å²) in [7, 11) is 0. The van der Waals surface area contributed by atoms with Crippen molar-refractivity contribution in [3.8, 4) is 22.7 Å². The molecule has 198 valence electrons. The van der Waals surface area contributed by atoms with Crippen LogP contribution in [0.5, 0.6) is 5.75 Å². The number of rotatable bonds is 4. The average Bonchev–Trinajstić information content (AvgIpc) is 3.23. The summed E-state index contributed by atoms with van der Waals surface area (Å²) >= 11 is 6.31. The molecule has 0 spiro atoms. The third-order valence-electron chi connectivity index (χ3n) is 8.15. The van der Waals surface area contributed by atoms with Gasteiger partial charge in [-0.2, -0.15) is 9.07 Å². The van der Waals surface area contributed by atoms with E-state index < -0.39 is 12.0 Å². The quantitative estimate of drug-likeness (QED) is 0.267. The van der Waals surface area contributed by atoms with E-state index in [0.717, 1.165) is 35.3 Å². The van der Waals surface area contributed by atoms with E-state index in [0.29, 0.717) is 52.1 Å². The van der Waals surface area contributed by atoms with Crippen molar-refractivity contribution in [2.75, 3.05) is 6.61 Å². The number of nitrogens with zero attached hydrogens (tertiary/aromatic N) is 7. The molecule has 1 aliphatic carbocycles. The van der Waals surface area contributed by atoms with Gasteiger partial charge in [-0.05, 0) is 58.2 Å². The van der Waals surface area contributed by atoms with Gasteiger partial charge in [-0.25, -0.2) is 9.98 Å². The van der Waals surface area contributed by atoms with Gasteiger partial charge in [0.15, 0.2) is 0 Å². The van der Waals surface area contributed by atoms with Gasteiger partial charge in [0.05, 0.1) is 23.1 Å². The summed E-state index contributed by atoms with van der Waals surface area (Å²) in [6, 6.07) is 12.2. The molecule has 5 heterocycles. The maximum absolute atomic E-state index is 15.5. The normalized spacial score (nSPS) is 22.5. The molecule has 1 saturated carbocycles. The van der Waals surface area contributed by atoms with Gasteiger partial charge in [-0.15, -0.1) is 5.10 Å². The number of aliphatic imine (C=N–C) groups is 1. The fourth-order valence-corrected chi connectivity index (χ4v) is 6.40. The Morgan fingerprint density at radius 1 is 1.12 bits per heavy atom. The summed E-state index contributed by atoms with van der Waals surface area (Å²) in [5.41, 5.74) is 5.59. The standard InChI is InChI=1S/C29H21ClFN7O2/c1-14-6-16-3-2-15(7-25(16)40-12-14)22-10-21(28(31)33-22)27-18-9-19(18)29-34-23(11-26(39)38(27)29)20-8-17(30)4-5-24(20)37-13-32-35-36-37/h2-5,7-8,11,13,18-19,27H,1,6,9-10,12H2. The predicted octanol–water partition coefficient (Wildman–Crippen LogP) is 4.76. The lowest BCUT2D eigenvalue weighted by Crippen LogP contribution is -2.27. The van der Waals surface area contributed by atoms with Crippen molar-refractivity contribution in [3.05, 3.63) is 105 Å². The molecule has 0 N–H and O–H groups in total. The molecule has 11 heteroatoms. The summed E-state index contributed by atoms with van der Waals surface area (Å²) in [4.78, 5) is 22.8. The van der Waals surface area contributed by atoms with Crippen LogP contribution in [0.3, 0.4) is 0 Å². The maximum Gasteiger partial charge on any atom is 0.254 e. The molecule has 9 nitrogen and oxygen atoms in total. The zero-order chi connectivity index (χ0) is 27.1. The molecule has 0 saturated heterocycles. The highest BCUT2D eigenvalue weighted by atomic mass is 35.5. The minimum absolute atomic E-state index is 0.0860. The molecule has 2 aromatic heterocycles. The van der Waals surface area contributed by atoms with Crippen LogP contribution in [0.15, 0.2) is 82.3 Å². The van der Waals surface area contributed by atoms with E-state index in [-0.39, 0.29) is 17.4 Å². The van der Waals surface area contributed by atoms with Crippen LogP contribution in [0.25, 0.3) is 16.9 Å². The van der Waals surface area contributed by atoms with Crippen LogP contribution in [0.2, 0.25) is 5.02 Å². The monoisotopic (exact) mass is 553 g/mol. The second-order valence-electron chi connectivity index (χ2n) is 10.7. The van der Waals surface area contributed by atoms with Crippen molar-refractivity contribution in [2.45, 2.75) is 31.2 Å². The molecule has 2 aromatic carbocycles. The van der Waals surface area contributed by atoms with Crippen LogP contribution < -0.4 is 10.3 Å². The number of hydrogen-bond acceptors (Lipinski definition) is 7. The Labute approximate surface area is 232 Å². The molecule has 0 amide bonds. The molecule has 1 fully saturated rings. The average molecular weight is 554 g/mol. The SMILES string of the molecule is C=C1COc2cc(C3=NC(F)=C(C4C5CC5c5nc(-c6cc(Cl)ccc6-n6cnnn6)cc(=O)n54)C3)ccc2C1. The number of tetrazole rings is 1. The highest BCUT2D eigenvalue weighted by Crippen LogP contribution is 2.61. The first kappa shape index (κ1) is 23.4. The molecule has 3 unspecified atom stereocenters. The molecule has 3 atom stereocenters. The minimum atomic E-state index is -0.516. The molecule has 3 aliphatic heterocycles. The van der Waals surface area contributed by atoms with Crippen molar-refractivity contribution in [1.29, 1.82) is 0 Å². The van der Waals surface area contributed by atoms with Crippen LogP contribution in [0.4, 0.5) is 4.39 Å². The fraction of sp³-hybridized carbons (Fsp3) is 0.241. The number of benzene rings is 2. The van der Waals surface area contributed by atoms with E-state index in [1.54, 1.807) is 22.8 Å². The Bertz CT molecular complexity index is 1880. The van der Waals surface area contributed by atoms with E-state index >= 15 is 4.39 Å². The minimum Gasteiger partial charge on any atom is -0.489 e. The van der Waals surface area contributed by atoms with Gasteiger partial charge >= 0.3 is 0 Å². The molecule has 0 bridgehead atoms. The molecule has 4 aromatic rings. The second-order valence-corrected chi connectivity index (χ2v) is 11.1. The van der Waals surface area contributed by atoms with Crippen LogP contribution in [0, 0.1) is 5.92 Å². The number of hydrogen-bond donors (Lipinski definition) is 0. The van der Waals surface area contributed by atoms with Crippen molar-refractivity contribution in [3.63, 3.8) is 0 Å². The third-order valence-corrected chi connectivity index (χ3v) is 8.39. The molecule has 8 rings (SSSR count). The largest absolute Gasteiger partial charge is 0.489 e. The molecular formula is C29H21ClFN7O2. The van der Waals surface area contributed by atoms with Crippen molar-refractivity contribution < 1.29 is 9.13 Å². The maximum atomic E-state index is 15.5. The first-order valence-corrected chi connectivity index (χ1v) is 13.4. The van der Waals surface area contributed by atoms with E-state index in [1.165, 1.54) is 17.1 Å². The van der Waals surface area contributed by atoms with E-state index in [4.69, 9.17) is 21.3 Å². The topological polar surface area (TPSA) is 100 Å². The van der Waals surface area contributed by atoms with Gasteiger partial charge < -0.3 is 4.74 Å². The van der Waals surface area contributed by atoms with Crippen molar-refractivity contribution >= 4 is 17.3 Å². The smallest absolute Gasteiger partial charge is 0.254 e. The van der Waals surface area contributed by atoms with Gasteiger partial charge in [0.25, 0.3) is 5.56 Å². The van der Waals surface area contributed by atoms with Crippen LogP contribution in [-0.2, 0) is 6.42 Å². The highest BCUT2D eigenvalue weighted by Gasteiger charge is 2.56. The summed E-state index contributed by atoms with van der Waals surface area (Å²) in [6.45, 7) is 4.48. The van der Waals surface area contributed by atoms with Crippen LogP contribution >= 0.6 is 11.6 Å². The lowest BCUT2D eigenvalue weighted by molar-refractivity contribution is 0.332. The predicted molar refractivity (Wildman–Crippen MR) is 146 cm³/mol. The fourth-order valence-electron chi connectivity index (χ4n) is 6.23. The molecule has 4 aliphatic rings. The van der Waals surface area contributed by atoms with E-state index in [1.807, 2.05) is 18.2 Å². The van der Waals surface area contributed by atoms with Crippen molar-refractivity contribution in [1.82, 2.24) is 29.8 Å². The number of fused-ring (bicyclic) bond motifs is 4. The van der Waals surface area contributed by atoms with Crippen LogP contribution in [0.1, 0.15) is 41.8 Å². The Kier molecular flexibility index (Phi) is 5.00. The zero-order valence-electron chi connectivity index (χ0n) is 21.1. The second kappa shape index (κ2) is 8.53.